The Bertz CT molecular complexity index is 955. The number of nitrogens with zero attached hydrogens (tertiary/aromatic N) is 2. The number of rotatable bonds is 6. The van der Waals surface area contributed by atoms with Gasteiger partial charge in [-0.2, -0.15) is 13.2 Å². The predicted octanol–water partition coefficient (Wildman–Crippen LogP) is 3.35. The van der Waals surface area contributed by atoms with Crippen molar-refractivity contribution in [2.75, 3.05) is 31.5 Å². The van der Waals surface area contributed by atoms with E-state index in [1.54, 1.807) is 29.4 Å². The van der Waals surface area contributed by atoms with Crippen molar-refractivity contribution in [1.82, 2.24) is 15.2 Å². The molecule has 1 atom stereocenters. The van der Waals surface area contributed by atoms with Crippen LogP contribution in [0.2, 0.25) is 0 Å². The molecule has 2 aliphatic rings. The van der Waals surface area contributed by atoms with E-state index in [1.165, 1.54) is 12.1 Å². The van der Waals surface area contributed by atoms with Crippen LogP contribution in [-0.4, -0.2) is 59.7 Å². The van der Waals surface area contributed by atoms with E-state index >= 15 is 0 Å². The lowest BCUT2D eigenvalue weighted by Gasteiger charge is -2.39. The number of hydrogen-bond acceptors (Lipinski definition) is 5. The van der Waals surface area contributed by atoms with Gasteiger partial charge in [-0.1, -0.05) is 6.07 Å². The molecule has 1 aromatic carbocycles. The maximum Gasteiger partial charge on any atom is 0.396 e. The van der Waals surface area contributed by atoms with Gasteiger partial charge in [0.25, 0.3) is 0 Å². The summed E-state index contributed by atoms with van der Waals surface area (Å²) in [4.78, 5) is 30.5. The van der Waals surface area contributed by atoms with Crippen molar-refractivity contribution < 1.29 is 27.5 Å². The number of benzene rings is 1. The first-order valence-electron chi connectivity index (χ1n) is 10.3. The van der Waals surface area contributed by atoms with Crippen LogP contribution in [0.3, 0.4) is 0 Å². The van der Waals surface area contributed by atoms with Gasteiger partial charge in [0.15, 0.2) is 11.4 Å². The lowest BCUT2D eigenvalue weighted by molar-refractivity contribution is -0.162. The van der Waals surface area contributed by atoms with Gasteiger partial charge in [0.05, 0.1) is 0 Å². The van der Waals surface area contributed by atoms with E-state index in [1.807, 2.05) is 12.1 Å². The van der Waals surface area contributed by atoms with Gasteiger partial charge in [-0.25, -0.2) is 4.79 Å². The van der Waals surface area contributed by atoms with Crippen molar-refractivity contribution in [3.05, 3.63) is 54.4 Å². The summed E-state index contributed by atoms with van der Waals surface area (Å²) in [6.45, 7) is 1.60. The van der Waals surface area contributed by atoms with Gasteiger partial charge in [0.1, 0.15) is 12.2 Å². The molecule has 0 radical (unpaired) electrons. The summed E-state index contributed by atoms with van der Waals surface area (Å²) in [5.74, 6) is -0.466. The highest BCUT2D eigenvalue weighted by molar-refractivity contribution is 5.90. The largest absolute Gasteiger partial charge is 0.478 e. The Labute approximate surface area is 183 Å². The van der Waals surface area contributed by atoms with Crippen LogP contribution in [0.4, 0.5) is 23.7 Å². The number of ketones is 1. The normalized spacial score (nSPS) is 21.2. The first-order chi connectivity index (χ1) is 15.2. The molecule has 0 aliphatic carbocycles. The highest BCUT2D eigenvalue weighted by Crippen LogP contribution is 2.31. The number of aromatic nitrogens is 1. The fourth-order valence-corrected chi connectivity index (χ4v) is 3.90. The topological polar surface area (TPSA) is 83.6 Å². The van der Waals surface area contributed by atoms with Crippen LogP contribution in [0.5, 0.6) is 5.75 Å². The van der Waals surface area contributed by atoms with Gasteiger partial charge in [0, 0.05) is 50.1 Å². The van der Waals surface area contributed by atoms with Gasteiger partial charge in [-0.3, -0.25) is 9.78 Å². The molecule has 4 rings (SSSR count). The number of anilines is 1. The Morgan fingerprint density at radius 2 is 1.97 bits per heavy atom. The Balaban J connectivity index is 1.33. The van der Waals surface area contributed by atoms with Crippen molar-refractivity contribution in [1.29, 1.82) is 0 Å². The molecule has 2 aromatic rings. The smallest absolute Gasteiger partial charge is 0.396 e. The number of likely N-dealkylation sites (tertiary alicyclic amines) is 1. The molecule has 0 bridgehead atoms. The van der Waals surface area contributed by atoms with Gasteiger partial charge in [-0.05, 0) is 42.4 Å². The quantitative estimate of drug-likeness (QED) is 0.708. The molecule has 2 saturated heterocycles. The molecular weight excluding hydrogens is 425 g/mol. The monoisotopic (exact) mass is 448 g/mol. The zero-order valence-electron chi connectivity index (χ0n) is 17.2. The van der Waals surface area contributed by atoms with Crippen LogP contribution in [0.15, 0.2) is 48.8 Å². The van der Waals surface area contributed by atoms with Gasteiger partial charge >= 0.3 is 12.2 Å². The van der Waals surface area contributed by atoms with Crippen molar-refractivity contribution in [3.8, 4) is 5.75 Å². The number of urea groups is 1. The molecule has 1 aromatic heterocycles. The summed E-state index contributed by atoms with van der Waals surface area (Å²) in [6, 6.07) is 9.86. The Hall–Kier alpha value is -3.14. The second-order valence-corrected chi connectivity index (χ2v) is 8.08. The highest BCUT2D eigenvalue weighted by atomic mass is 19.4. The second-order valence-electron chi connectivity index (χ2n) is 8.08. The Morgan fingerprint density at radius 3 is 2.56 bits per heavy atom. The summed E-state index contributed by atoms with van der Waals surface area (Å²) < 4.78 is 43.9. The van der Waals surface area contributed by atoms with Crippen molar-refractivity contribution in [2.24, 2.45) is 0 Å². The SMILES string of the molecule is O=C(Nc1ccc(O[C@]2(C(=O)CC(F)(F)F)CCNC2)cc1)N1CC(c2cccnc2)C1. The number of halogens is 3. The molecule has 2 N–H and O–H groups in total. The van der Waals surface area contributed by atoms with Crippen LogP contribution in [0.1, 0.15) is 24.3 Å². The summed E-state index contributed by atoms with van der Waals surface area (Å²) in [6.07, 6.45) is -2.45. The van der Waals surface area contributed by atoms with E-state index in [0.29, 0.717) is 25.3 Å². The number of hydrogen-bond donors (Lipinski definition) is 2. The maximum absolute atomic E-state index is 12.7. The molecule has 10 heteroatoms. The van der Waals surface area contributed by atoms with E-state index in [4.69, 9.17) is 4.74 Å². The lowest BCUT2D eigenvalue weighted by atomic mass is 9.93. The number of nitrogens with one attached hydrogen (secondary N) is 2. The van der Waals surface area contributed by atoms with E-state index < -0.39 is 24.0 Å². The number of carbonyl (C=O) groups excluding carboxylic acids is 2. The van der Waals surface area contributed by atoms with E-state index in [-0.39, 0.29) is 30.7 Å². The second kappa shape index (κ2) is 8.78. The van der Waals surface area contributed by atoms with Crippen LogP contribution in [-0.2, 0) is 4.79 Å². The summed E-state index contributed by atoms with van der Waals surface area (Å²) in [7, 11) is 0. The zero-order valence-corrected chi connectivity index (χ0v) is 17.2. The minimum atomic E-state index is -4.59. The van der Waals surface area contributed by atoms with Crippen LogP contribution in [0.25, 0.3) is 0 Å². The number of amides is 2. The molecule has 2 amide bonds. The first-order valence-corrected chi connectivity index (χ1v) is 10.3. The summed E-state index contributed by atoms with van der Waals surface area (Å²) in [5.41, 5.74) is 0.0695. The lowest BCUT2D eigenvalue weighted by Crippen LogP contribution is -2.50. The van der Waals surface area contributed by atoms with Crippen molar-refractivity contribution in [3.63, 3.8) is 0 Å². The molecular formula is C22H23F3N4O3. The predicted molar refractivity (Wildman–Crippen MR) is 111 cm³/mol. The number of alkyl halides is 3. The van der Waals surface area contributed by atoms with Gasteiger partial charge in [-0.15, -0.1) is 0 Å². The van der Waals surface area contributed by atoms with Crippen LogP contribution in [0, 0.1) is 0 Å². The molecule has 3 heterocycles. The summed E-state index contributed by atoms with van der Waals surface area (Å²) >= 11 is 0. The average molecular weight is 448 g/mol. The van der Waals surface area contributed by atoms with Crippen molar-refractivity contribution in [2.45, 2.75) is 30.5 Å². The standard InChI is InChI=1S/C22H23F3N4O3/c23-22(24,25)10-19(30)21(7-9-27-14-21)32-18-5-3-17(4-6-18)28-20(31)29-12-16(13-29)15-2-1-8-26-11-15/h1-6,8,11,16,27H,7,9-10,12-14H2,(H,28,31)/t21-/m1/s1. The van der Waals surface area contributed by atoms with Crippen LogP contribution < -0.4 is 15.4 Å². The molecule has 0 unspecified atom stereocenters. The molecule has 32 heavy (non-hydrogen) atoms. The van der Waals surface area contributed by atoms with E-state index in [0.717, 1.165) is 5.56 Å². The van der Waals surface area contributed by atoms with Crippen LogP contribution >= 0.6 is 0 Å². The average Bonchev–Trinajstić information content (AvgIpc) is 3.18. The Morgan fingerprint density at radius 1 is 1.22 bits per heavy atom. The molecule has 2 fully saturated rings. The zero-order chi connectivity index (χ0) is 22.8. The number of carbonyl (C=O) groups is 2. The maximum atomic E-state index is 12.7. The third-order valence-electron chi connectivity index (χ3n) is 5.73. The fourth-order valence-electron chi connectivity index (χ4n) is 3.90. The highest BCUT2D eigenvalue weighted by Gasteiger charge is 2.47. The molecule has 0 spiro atoms. The van der Waals surface area contributed by atoms with E-state index in [9.17, 15) is 22.8 Å². The van der Waals surface area contributed by atoms with Crippen molar-refractivity contribution >= 4 is 17.5 Å². The summed E-state index contributed by atoms with van der Waals surface area (Å²) in [5, 5.41) is 5.69. The fraction of sp³-hybridized carbons (Fsp3) is 0.409. The number of ether oxygens (including phenoxy) is 1. The minimum absolute atomic E-state index is 0.0213. The molecule has 170 valence electrons. The molecule has 0 saturated carbocycles. The number of pyridine rings is 1. The first kappa shape index (κ1) is 22.1. The van der Waals surface area contributed by atoms with E-state index in [2.05, 4.69) is 15.6 Å². The Kier molecular flexibility index (Phi) is 6.05. The number of Topliss-reactive ketones (excluding diaryl/α,β-unsaturated/α-hetero) is 1. The molecule has 2 aliphatic heterocycles. The third kappa shape index (κ3) is 5.01. The van der Waals surface area contributed by atoms with Gasteiger partial charge in [0.2, 0.25) is 0 Å². The van der Waals surface area contributed by atoms with Gasteiger partial charge < -0.3 is 20.3 Å². The molecule has 7 nitrogen and oxygen atoms in total. The minimum Gasteiger partial charge on any atom is -0.478 e. The third-order valence-corrected chi connectivity index (χ3v) is 5.73.